The van der Waals surface area contributed by atoms with E-state index in [1.807, 2.05) is 24.5 Å². The first-order valence-corrected chi connectivity index (χ1v) is 4.15. The van der Waals surface area contributed by atoms with Crippen LogP contribution in [0.25, 0.3) is 6.08 Å². The molecule has 0 aliphatic heterocycles. The lowest BCUT2D eigenvalue weighted by Gasteiger charge is -1.86. The van der Waals surface area contributed by atoms with Gasteiger partial charge in [0.1, 0.15) is 0 Å². The fraction of sp³-hybridized carbons (Fsp3) is 0.333. The van der Waals surface area contributed by atoms with Crippen LogP contribution in [-0.2, 0) is 0 Å². The number of nitrogens with zero attached hydrogens (tertiary/aromatic N) is 2. The molecule has 0 amide bonds. The Morgan fingerprint density at radius 3 is 3.10 bits per heavy atom. The van der Waals surface area contributed by atoms with E-state index in [4.69, 9.17) is 11.6 Å². The molecule has 1 unspecified atom stereocenters. The van der Waals surface area contributed by atoms with E-state index in [1.165, 1.54) is 11.5 Å². The van der Waals surface area contributed by atoms with Gasteiger partial charge in [-0.3, -0.25) is 0 Å². The molecule has 1 rings (SSSR count). The number of halogens is 1. The zero-order chi connectivity index (χ0) is 7.40. The molecule has 0 fully saturated rings. The Hall–Kier alpha value is -0.410. The van der Waals surface area contributed by atoms with E-state index < -0.39 is 0 Å². The van der Waals surface area contributed by atoms with Gasteiger partial charge in [-0.2, -0.15) is 0 Å². The van der Waals surface area contributed by atoms with E-state index in [0.717, 1.165) is 5.69 Å². The highest BCUT2D eigenvalue weighted by molar-refractivity contribution is 7.03. The Morgan fingerprint density at radius 2 is 2.60 bits per heavy atom. The smallest absolute Gasteiger partial charge is 0.0979 e. The zero-order valence-corrected chi connectivity index (χ0v) is 7.06. The van der Waals surface area contributed by atoms with E-state index >= 15 is 0 Å². The maximum Gasteiger partial charge on any atom is 0.0979 e. The van der Waals surface area contributed by atoms with Crippen LogP contribution in [0.3, 0.4) is 0 Å². The van der Waals surface area contributed by atoms with Gasteiger partial charge >= 0.3 is 0 Å². The summed E-state index contributed by atoms with van der Waals surface area (Å²) >= 11 is 7.00. The molecule has 0 saturated carbocycles. The largest absolute Gasteiger partial charge is 0.139 e. The third-order valence-corrected chi connectivity index (χ3v) is 1.58. The van der Waals surface area contributed by atoms with Gasteiger partial charge in [0.25, 0.3) is 0 Å². The Morgan fingerprint density at radius 1 is 1.80 bits per heavy atom. The molecule has 0 radical (unpaired) electrons. The second kappa shape index (κ2) is 3.68. The molecule has 1 atom stereocenters. The van der Waals surface area contributed by atoms with Crippen LogP contribution in [0.15, 0.2) is 11.5 Å². The lowest BCUT2D eigenvalue weighted by Crippen LogP contribution is -1.80. The van der Waals surface area contributed by atoms with Crippen LogP contribution in [0, 0.1) is 0 Å². The SMILES string of the molecule is CC(Cl)/C=C/c1csnn1. The Balaban J connectivity index is 2.55. The standard InChI is InChI=1S/C6H7ClN2S/c1-5(7)2-3-6-4-10-9-8-6/h2-5H,1H3/b3-2+. The normalized spacial score (nSPS) is 14.2. The molecule has 10 heavy (non-hydrogen) atoms. The molecule has 0 aliphatic carbocycles. The van der Waals surface area contributed by atoms with Gasteiger partial charge in [-0.1, -0.05) is 10.6 Å². The molecule has 2 nitrogen and oxygen atoms in total. The molecule has 1 aromatic rings. The molecule has 0 aliphatic rings. The minimum atomic E-state index is 0.0571. The van der Waals surface area contributed by atoms with Crippen molar-refractivity contribution in [1.29, 1.82) is 0 Å². The van der Waals surface area contributed by atoms with Crippen molar-refractivity contribution in [3.63, 3.8) is 0 Å². The Labute approximate surface area is 68.7 Å². The maximum absolute atomic E-state index is 5.66. The van der Waals surface area contributed by atoms with Gasteiger partial charge in [-0.25, -0.2) is 0 Å². The highest BCUT2D eigenvalue weighted by atomic mass is 35.5. The van der Waals surface area contributed by atoms with Crippen LogP contribution in [-0.4, -0.2) is 15.0 Å². The first-order valence-electron chi connectivity index (χ1n) is 2.88. The van der Waals surface area contributed by atoms with Crippen LogP contribution in [0.4, 0.5) is 0 Å². The molecule has 0 bridgehead atoms. The summed E-state index contributed by atoms with van der Waals surface area (Å²) in [5, 5.41) is 5.74. The van der Waals surface area contributed by atoms with E-state index in [-0.39, 0.29) is 5.38 Å². The summed E-state index contributed by atoms with van der Waals surface area (Å²) in [5.74, 6) is 0. The van der Waals surface area contributed by atoms with Crippen LogP contribution < -0.4 is 0 Å². The Bertz CT molecular complexity index is 206. The number of allylic oxidation sites excluding steroid dienone is 1. The summed E-state index contributed by atoms with van der Waals surface area (Å²) in [5.41, 5.74) is 0.873. The van der Waals surface area contributed by atoms with E-state index in [2.05, 4.69) is 9.59 Å². The van der Waals surface area contributed by atoms with Crippen molar-refractivity contribution in [1.82, 2.24) is 9.59 Å². The second-order valence-electron chi connectivity index (χ2n) is 1.87. The van der Waals surface area contributed by atoms with Crippen LogP contribution >= 0.6 is 23.1 Å². The van der Waals surface area contributed by atoms with Gasteiger partial charge < -0.3 is 0 Å². The lowest BCUT2D eigenvalue weighted by atomic mass is 10.3. The number of hydrogen-bond acceptors (Lipinski definition) is 3. The number of alkyl halides is 1. The highest BCUT2D eigenvalue weighted by Crippen LogP contribution is 2.02. The van der Waals surface area contributed by atoms with Gasteiger partial charge in [0.2, 0.25) is 0 Å². The minimum Gasteiger partial charge on any atom is -0.139 e. The first-order chi connectivity index (χ1) is 4.79. The molecule has 0 saturated heterocycles. The van der Waals surface area contributed by atoms with Crippen molar-refractivity contribution in [3.05, 3.63) is 17.2 Å². The molecule has 0 aromatic carbocycles. The third-order valence-electron chi connectivity index (χ3n) is 0.909. The van der Waals surface area contributed by atoms with Crippen LogP contribution in [0.2, 0.25) is 0 Å². The molecule has 0 N–H and O–H groups in total. The lowest BCUT2D eigenvalue weighted by molar-refractivity contribution is 1.13. The summed E-state index contributed by atoms with van der Waals surface area (Å²) in [6, 6.07) is 0. The van der Waals surface area contributed by atoms with Crippen molar-refractivity contribution in [2.45, 2.75) is 12.3 Å². The van der Waals surface area contributed by atoms with Crippen molar-refractivity contribution >= 4 is 29.2 Å². The van der Waals surface area contributed by atoms with E-state index in [0.29, 0.717) is 0 Å². The van der Waals surface area contributed by atoms with Gasteiger partial charge in [-0.15, -0.1) is 16.7 Å². The van der Waals surface area contributed by atoms with Crippen molar-refractivity contribution in [3.8, 4) is 0 Å². The molecular weight excluding hydrogens is 168 g/mol. The second-order valence-corrected chi connectivity index (χ2v) is 3.16. The quantitative estimate of drug-likeness (QED) is 0.643. The first kappa shape index (κ1) is 7.69. The predicted molar refractivity (Wildman–Crippen MR) is 44.3 cm³/mol. The Kier molecular flexibility index (Phi) is 2.83. The molecule has 54 valence electrons. The average molecular weight is 175 g/mol. The van der Waals surface area contributed by atoms with Crippen LogP contribution in [0.1, 0.15) is 12.6 Å². The summed E-state index contributed by atoms with van der Waals surface area (Å²) in [6.07, 6.45) is 3.74. The minimum absolute atomic E-state index is 0.0571. The molecule has 1 heterocycles. The highest BCUT2D eigenvalue weighted by Gasteiger charge is 1.90. The van der Waals surface area contributed by atoms with E-state index in [9.17, 15) is 0 Å². The number of rotatable bonds is 2. The van der Waals surface area contributed by atoms with Crippen molar-refractivity contribution in [2.24, 2.45) is 0 Å². The zero-order valence-electron chi connectivity index (χ0n) is 5.49. The van der Waals surface area contributed by atoms with Crippen LogP contribution in [0.5, 0.6) is 0 Å². The maximum atomic E-state index is 5.66. The summed E-state index contributed by atoms with van der Waals surface area (Å²) in [7, 11) is 0. The molecule has 0 spiro atoms. The average Bonchev–Trinajstić information content (AvgIpc) is 2.34. The van der Waals surface area contributed by atoms with Gasteiger partial charge in [0.15, 0.2) is 0 Å². The number of aromatic nitrogens is 2. The van der Waals surface area contributed by atoms with Crippen molar-refractivity contribution in [2.75, 3.05) is 0 Å². The van der Waals surface area contributed by atoms with Gasteiger partial charge in [0, 0.05) is 10.8 Å². The molecule has 4 heteroatoms. The summed E-state index contributed by atoms with van der Waals surface area (Å²) < 4.78 is 3.70. The summed E-state index contributed by atoms with van der Waals surface area (Å²) in [6.45, 7) is 1.90. The molecular formula is C6H7ClN2S. The topological polar surface area (TPSA) is 25.8 Å². The van der Waals surface area contributed by atoms with Gasteiger partial charge in [0.05, 0.1) is 5.69 Å². The fourth-order valence-electron chi connectivity index (χ4n) is 0.476. The van der Waals surface area contributed by atoms with E-state index in [1.54, 1.807) is 0 Å². The fourth-order valence-corrected chi connectivity index (χ4v) is 0.971. The summed E-state index contributed by atoms with van der Waals surface area (Å²) in [4.78, 5) is 0. The van der Waals surface area contributed by atoms with Gasteiger partial charge in [-0.05, 0) is 24.5 Å². The number of hydrogen-bond donors (Lipinski definition) is 0. The molecule has 1 aromatic heterocycles. The predicted octanol–water partition coefficient (Wildman–Crippen LogP) is 2.18. The van der Waals surface area contributed by atoms with Crippen molar-refractivity contribution < 1.29 is 0 Å². The third kappa shape index (κ3) is 2.45. The monoisotopic (exact) mass is 174 g/mol.